The van der Waals surface area contributed by atoms with Crippen LogP contribution in [0.15, 0.2) is 18.2 Å². The molecule has 0 spiro atoms. The van der Waals surface area contributed by atoms with Crippen molar-refractivity contribution in [1.82, 2.24) is 5.32 Å². The number of aliphatic hydroxyl groups is 1. The molecule has 0 saturated carbocycles. The lowest BCUT2D eigenvalue weighted by Crippen LogP contribution is -2.54. The fourth-order valence-corrected chi connectivity index (χ4v) is 3.73. The van der Waals surface area contributed by atoms with Crippen LogP contribution in [0, 0.1) is 0 Å². The molecule has 2 atom stereocenters. The van der Waals surface area contributed by atoms with Crippen molar-refractivity contribution in [3.63, 3.8) is 0 Å². The Kier molecular flexibility index (Phi) is 3.61. The molecule has 3 rings (SSSR count). The van der Waals surface area contributed by atoms with Crippen LogP contribution in [0.4, 0.5) is 0 Å². The van der Waals surface area contributed by atoms with Gasteiger partial charge < -0.3 is 19.9 Å². The van der Waals surface area contributed by atoms with E-state index in [-0.39, 0.29) is 0 Å². The van der Waals surface area contributed by atoms with Gasteiger partial charge >= 0.3 is 0 Å². The van der Waals surface area contributed by atoms with Gasteiger partial charge in [0, 0.05) is 23.7 Å². The Bertz CT molecular complexity index is 477. The van der Waals surface area contributed by atoms with Crippen LogP contribution in [-0.4, -0.2) is 31.4 Å². The third kappa shape index (κ3) is 2.38. The van der Waals surface area contributed by atoms with Gasteiger partial charge in [-0.1, -0.05) is 6.42 Å². The van der Waals surface area contributed by atoms with Gasteiger partial charge in [0.1, 0.15) is 11.5 Å². The van der Waals surface area contributed by atoms with Gasteiger partial charge in [-0.2, -0.15) is 0 Å². The maximum atomic E-state index is 11.2. The van der Waals surface area contributed by atoms with Gasteiger partial charge in [-0.15, -0.1) is 0 Å². The van der Waals surface area contributed by atoms with Gasteiger partial charge in [-0.3, -0.25) is 0 Å². The SMILES string of the molecule is COc1ccc(C2(O)CC3CCCC(C2)N3)c(OC)c1. The Hall–Kier alpha value is -1.26. The van der Waals surface area contributed by atoms with E-state index in [2.05, 4.69) is 5.32 Å². The Morgan fingerprint density at radius 1 is 1.15 bits per heavy atom. The van der Waals surface area contributed by atoms with Gasteiger partial charge in [0.25, 0.3) is 0 Å². The largest absolute Gasteiger partial charge is 0.497 e. The maximum absolute atomic E-state index is 11.2. The van der Waals surface area contributed by atoms with Crippen molar-refractivity contribution < 1.29 is 14.6 Å². The predicted octanol–water partition coefficient (Wildman–Crippen LogP) is 2.20. The molecule has 0 amide bonds. The number of ether oxygens (including phenoxy) is 2. The lowest BCUT2D eigenvalue weighted by molar-refractivity contribution is -0.0373. The van der Waals surface area contributed by atoms with E-state index in [0.717, 1.165) is 37.0 Å². The first-order valence-electron chi connectivity index (χ1n) is 7.35. The van der Waals surface area contributed by atoms with E-state index >= 15 is 0 Å². The van der Waals surface area contributed by atoms with E-state index in [9.17, 15) is 5.11 Å². The summed E-state index contributed by atoms with van der Waals surface area (Å²) in [4.78, 5) is 0. The molecular weight excluding hydrogens is 254 g/mol. The van der Waals surface area contributed by atoms with E-state index in [1.807, 2.05) is 18.2 Å². The van der Waals surface area contributed by atoms with Gasteiger partial charge in [-0.25, -0.2) is 0 Å². The fraction of sp³-hybridized carbons (Fsp3) is 0.625. The molecule has 110 valence electrons. The quantitative estimate of drug-likeness (QED) is 0.889. The van der Waals surface area contributed by atoms with Crippen molar-refractivity contribution in [3.8, 4) is 11.5 Å². The number of hydrogen-bond acceptors (Lipinski definition) is 4. The first-order valence-corrected chi connectivity index (χ1v) is 7.35. The number of rotatable bonds is 3. The molecule has 0 radical (unpaired) electrons. The Balaban J connectivity index is 1.94. The van der Waals surface area contributed by atoms with E-state index in [0.29, 0.717) is 17.8 Å². The number of nitrogens with one attached hydrogen (secondary N) is 1. The van der Waals surface area contributed by atoms with Crippen LogP contribution in [0.5, 0.6) is 11.5 Å². The van der Waals surface area contributed by atoms with Crippen molar-refractivity contribution >= 4 is 0 Å². The molecule has 4 heteroatoms. The van der Waals surface area contributed by atoms with Crippen molar-refractivity contribution in [2.24, 2.45) is 0 Å². The lowest BCUT2D eigenvalue weighted by atomic mass is 9.73. The molecule has 2 aliphatic rings. The molecule has 2 unspecified atom stereocenters. The second-order valence-corrected chi connectivity index (χ2v) is 6.00. The summed E-state index contributed by atoms with van der Waals surface area (Å²) in [6.07, 6.45) is 5.07. The molecule has 2 bridgehead atoms. The van der Waals surface area contributed by atoms with E-state index in [1.54, 1.807) is 14.2 Å². The minimum absolute atomic E-state index is 0.416. The van der Waals surface area contributed by atoms with Crippen LogP contribution < -0.4 is 14.8 Å². The fourth-order valence-electron chi connectivity index (χ4n) is 3.73. The van der Waals surface area contributed by atoms with Crippen LogP contribution in [0.2, 0.25) is 0 Å². The van der Waals surface area contributed by atoms with Crippen LogP contribution in [0.1, 0.15) is 37.7 Å². The van der Waals surface area contributed by atoms with Crippen LogP contribution in [0.3, 0.4) is 0 Å². The van der Waals surface area contributed by atoms with Crippen molar-refractivity contribution in [2.75, 3.05) is 14.2 Å². The minimum Gasteiger partial charge on any atom is -0.497 e. The molecular formula is C16H23NO3. The highest BCUT2D eigenvalue weighted by molar-refractivity contribution is 5.44. The van der Waals surface area contributed by atoms with Gasteiger partial charge in [0.2, 0.25) is 0 Å². The van der Waals surface area contributed by atoms with Crippen LogP contribution >= 0.6 is 0 Å². The number of benzene rings is 1. The summed E-state index contributed by atoms with van der Waals surface area (Å²) >= 11 is 0. The molecule has 1 aromatic rings. The summed E-state index contributed by atoms with van der Waals surface area (Å²) in [6.45, 7) is 0. The lowest BCUT2D eigenvalue weighted by Gasteiger charge is -2.45. The third-order valence-corrected chi connectivity index (χ3v) is 4.65. The summed E-state index contributed by atoms with van der Waals surface area (Å²) in [5.41, 5.74) is 0.0951. The van der Waals surface area contributed by atoms with Crippen molar-refractivity contribution in [1.29, 1.82) is 0 Å². The molecule has 4 nitrogen and oxygen atoms in total. The van der Waals surface area contributed by atoms with Crippen LogP contribution in [-0.2, 0) is 5.60 Å². The minimum atomic E-state index is -0.793. The highest BCUT2D eigenvalue weighted by atomic mass is 16.5. The molecule has 2 saturated heterocycles. The molecule has 2 heterocycles. The standard InChI is InChI=1S/C16H23NO3/c1-19-13-6-7-14(15(8-13)20-2)16(18)9-11-4-3-5-12(10-16)17-11/h6-8,11-12,17-18H,3-5,9-10H2,1-2H3. The molecule has 2 N–H and O–H groups in total. The smallest absolute Gasteiger partial charge is 0.128 e. The van der Waals surface area contributed by atoms with Crippen LogP contribution in [0.25, 0.3) is 0 Å². The topological polar surface area (TPSA) is 50.7 Å². The van der Waals surface area contributed by atoms with Gasteiger partial charge in [-0.05, 0) is 37.8 Å². The highest BCUT2D eigenvalue weighted by Crippen LogP contribution is 2.43. The third-order valence-electron chi connectivity index (χ3n) is 4.65. The zero-order valence-electron chi connectivity index (χ0n) is 12.2. The highest BCUT2D eigenvalue weighted by Gasteiger charge is 2.43. The average molecular weight is 277 g/mol. The van der Waals surface area contributed by atoms with Crippen molar-refractivity contribution in [2.45, 2.75) is 49.8 Å². The first kappa shape index (κ1) is 13.7. The molecule has 2 aliphatic heterocycles. The van der Waals surface area contributed by atoms with Crippen molar-refractivity contribution in [3.05, 3.63) is 23.8 Å². The Morgan fingerprint density at radius 2 is 1.85 bits per heavy atom. The monoisotopic (exact) mass is 277 g/mol. The zero-order chi connectivity index (χ0) is 14.2. The van der Waals surface area contributed by atoms with E-state index < -0.39 is 5.60 Å². The summed E-state index contributed by atoms with van der Waals surface area (Å²) in [5.74, 6) is 1.47. The number of hydrogen-bond donors (Lipinski definition) is 2. The second-order valence-electron chi connectivity index (χ2n) is 6.00. The number of piperidine rings is 2. The average Bonchev–Trinajstić information content (AvgIpc) is 2.46. The Labute approximate surface area is 120 Å². The molecule has 1 aromatic carbocycles. The summed E-state index contributed by atoms with van der Waals surface area (Å²) in [7, 11) is 3.28. The zero-order valence-corrected chi connectivity index (χ0v) is 12.2. The molecule has 0 aliphatic carbocycles. The van der Waals surface area contributed by atoms with Gasteiger partial charge in [0.15, 0.2) is 0 Å². The second kappa shape index (κ2) is 5.26. The summed E-state index contributed by atoms with van der Waals surface area (Å²) in [6, 6.07) is 6.52. The number of fused-ring (bicyclic) bond motifs is 2. The molecule has 0 aromatic heterocycles. The van der Waals surface area contributed by atoms with E-state index in [4.69, 9.17) is 9.47 Å². The maximum Gasteiger partial charge on any atom is 0.128 e. The summed E-state index contributed by atoms with van der Waals surface area (Å²) < 4.78 is 10.7. The number of methoxy groups -OCH3 is 2. The first-order chi connectivity index (χ1) is 9.64. The predicted molar refractivity (Wildman–Crippen MR) is 77.2 cm³/mol. The Morgan fingerprint density at radius 3 is 2.45 bits per heavy atom. The summed E-state index contributed by atoms with van der Waals surface area (Å²) in [5, 5.41) is 14.8. The molecule has 2 fully saturated rings. The molecule has 20 heavy (non-hydrogen) atoms. The normalized spacial score (nSPS) is 32.8. The van der Waals surface area contributed by atoms with E-state index in [1.165, 1.54) is 6.42 Å². The van der Waals surface area contributed by atoms with Gasteiger partial charge in [0.05, 0.1) is 19.8 Å².